The number of Topliss-reactive ketones (excluding diaryl/α,β-unsaturated/α-hetero) is 1. The molecule has 4 aromatic rings. The van der Waals surface area contributed by atoms with Crippen molar-refractivity contribution in [1.82, 2.24) is 19.1 Å². The number of aromatic amines is 1. The third kappa shape index (κ3) is 3.40. The fraction of sp³-hybridized carbons (Fsp3) is 0.190. The van der Waals surface area contributed by atoms with Gasteiger partial charge in [0.05, 0.1) is 6.54 Å². The number of hydrogen-bond acceptors (Lipinski definition) is 4. The molecule has 0 bridgehead atoms. The van der Waals surface area contributed by atoms with Gasteiger partial charge in [0, 0.05) is 31.7 Å². The topological polar surface area (TPSA) is 93.6 Å². The highest BCUT2D eigenvalue weighted by atomic mass is 16.2. The van der Waals surface area contributed by atoms with Gasteiger partial charge in [-0.2, -0.15) is 4.57 Å². The Bertz CT molecular complexity index is 1330. The molecule has 4 rings (SSSR count). The zero-order valence-electron chi connectivity index (χ0n) is 16.1. The van der Waals surface area contributed by atoms with E-state index in [2.05, 4.69) is 9.97 Å². The highest BCUT2D eigenvalue weighted by Gasteiger charge is 2.22. The molecule has 0 aliphatic heterocycles. The van der Waals surface area contributed by atoms with Crippen molar-refractivity contribution in [3.63, 3.8) is 0 Å². The monoisotopic (exact) mass is 390 g/mol. The number of carbonyl (C=O) groups excluding carboxylic acids is 1. The third-order valence-electron chi connectivity index (χ3n) is 4.96. The Morgan fingerprint density at radius 2 is 1.83 bits per heavy atom. The first kappa shape index (κ1) is 18.5. The fourth-order valence-electron chi connectivity index (χ4n) is 3.32. The van der Waals surface area contributed by atoms with Crippen LogP contribution in [0.4, 0.5) is 0 Å². The van der Waals surface area contributed by atoms with E-state index in [1.807, 2.05) is 42.0 Å². The van der Waals surface area contributed by atoms with Crippen LogP contribution in [-0.4, -0.2) is 24.9 Å². The number of rotatable bonds is 5. The van der Waals surface area contributed by atoms with Crippen LogP contribution in [0.1, 0.15) is 21.9 Å². The molecular weight excluding hydrogens is 370 g/mol. The van der Waals surface area contributed by atoms with E-state index in [-0.39, 0.29) is 23.5 Å². The maximum atomic E-state index is 12.9. The molecule has 1 aromatic carbocycles. The van der Waals surface area contributed by atoms with Gasteiger partial charge in [0.2, 0.25) is 6.54 Å². The van der Waals surface area contributed by atoms with Crippen LogP contribution >= 0.6 is 0 Å². The van der Waals surface area contributed by atoms with Crippen molar-refractivity contribution in [2.45, 2.75) is 20.0 Å². The average molecular weight is 390 g/mol. The molecule has 0 saturated heterocycles. The Hall–Kier alpha value is -3.81. The molecule has 0 amide bonds. The lowest BCUT2D eigenvalue weighted by Crippen LogP contribution is -2.38. The smallest absolute Gasteiger partial charge is 0.309 e. The summed E-state index contributed by atoms with van der Waals surface area (Å²) in [4.78, 5) is 44.3. The average Bonchev–Trinajstić information content (AvgIpc) is 3.07. The largest absolute Gasteiger partial charge is 0.329 e. The second-order valence-corrected chi connectivity index (χ2v) is 6.86. The van der Waals surface area contributed by atoms with Crippen LogP contribution in [0.15, 0.2) is 64.3 Å². The summed E-state index contributed by atoms with van der Waals surface area (Å²) in [7, 11) is 1.54. The van der Waals surface area contributed by atoms with Crippen LogP contribution in [0.25, 0.3) is 11.2 Å². The van der Waals surface area contributed by atoms with Crippen molar-refractivity contribution in [2.24, 2.45) is 7.05 Å². The summed E-state index contributed by atoms with van der Waals surface area (Å²) in [6.07, 6.45) is 1.90. The fourth-order valence-corrected chi connectivity index (χ4v) is 3.32. The van der Waals surface area contributed by atoms with Crippen molar-refractivity contribution >= 4 is 16.9 Å². The molecule has 146 valence electrons. The van der Waals surface area contributed by atoms with Crippen LogP contribution < -0.4 is 15.8 Å². The van der Waals surface area contributed by atoms with Crippen molar-refractivity contribution in [3.05, 3.63) is 92.6 Å². The molecule has 8 nitrogen and oxygen atoms in total. The maximum absolute atomic E-state index is 12.9. The third-order valence-corrected chi connectivity index (χ3v) is 4.96. The van der Waals surface area contributed by atoms with E-state index in [1.165, 1.54) is 4.57 Å². The lowest BCUT2D eigenvalue weighted by atomic mass is 10.1. The summed E-state index contributed by atoms with van der Waals surface area (Å²) < 4.78 is 4.85. The minimum Gasteiger partial charge on any atom is -0.309 e. The summed E-state index contributed by atoms with van der Waals surface area (Å²) in [5.74, 6) is 0.379. The Morgan fingerprint density at radius 3 is 2.55 bits per heavy atom. The maximum Gasteiger partial charge on any atom is 0.329 e. The summed E-state index contributed by atoms with van der Waals surface area (Å²) >= 11 is 0. The molecule has 0 unspecified atom stereocenters. The number of benzene rings is 1. The number of H-pyrrole nitrogens is 1. The van der Waals surface area contributed by atoms with Crippen molar-refractivity contribution in [1.29, 1.82) is 0 Å². The van der Waals surface area contributed by atoms with Gasteiger partial charge < -0.3 is 4.57 Å². The molecule has 0 aliphatic rings. The molecule has 1 N–H and O–H groups in total. The minimum atomic E-state index is -0.558. The number of aryl methyl sites for hydroxylation is 2. The number of nitrogens with zero attached hydrogens (tertiary/aromatic N) is 4. The predicted octanol–water partition coefficient (Wildman–Crippen LogP) is 0.950. The van der Waals surface area contributed by atoms with E-state index >= 15 is 0 Å². The van der Waals surface area contributed by atoms with Gasteiger partial charge in [-0.25, -0.2) is 9.78 Å². The number of imidazole rings is 1. The zero-order valence-corrected chi connectivity index (χ0v) is 16.1. The van der Waals surface area contributed by atoms with E-state index in [0.29, 0.717) is 17.9 Å². The van der Waals surface area contributed by atoms with Gasteiger partial charge in [-0.05, 0) is 0 Å². The quantitative estimate of drug-likeness (QED) is 0.406. The number of hydrogen-bond donors (Lipinski definition) is 1. The van der Waals surface area contributed by atoms with Crippen molar-refractivity contribution in [3.8, 4) is 0 Å². The standard InChI is InChI=1S/C21H19N5O3/c1-14-8-6-7-11-25(14)13-17-22-19-18(20(28)23-21(29)24(19)2)26(17)12-16(27)15-9-4-3-5-10-15/h3-11H,12-13H2,1-2H3/p+1. The molecule has 0 spiro atoms. The first-order valence-electron chi connectivity index (χ1n) is 9.17. The predicted molar refractivity (Wildman–Crippen MR) is 107 cm³/mol. The van der Waals surface area contributed by atoms with Gasteiger partial charge in [0.25, 0.3) is 5.56 Å². The van der Waals surface area contributed by atoms with E-state index in [4.69, 9.17) is 0 Å². The number of fused-ring (bicyclic) bond motifs is 1. The first-order chi connectivity index (χ1) is 14.0. The molecule has 3 heterocycles. The Kier molecular flexibility index (Phi) is 4.67. The number of ketones is 1. The van der Waals surface area contributed by atoms with E-state index in [9.17, 15) is 14.4 Å². The van der Waals surface area contributed by atoms with E-state index in [0.717, 1.165) is 5.69 Å². The molecule has 0 radical (unpaired) electrons. The van der Waals surface area contributed by atoms with Gasteiger partial charge in [0.1, 0.15) is 0 Å². The minimum absolute atomic E-state index is 0.0520. The molecule has 0 fully saturated rings. The molecule has 0 saturated carbocycles. The molecule has 0 aliphatic carbocycles. The summed E-state index contributed by atoms with van der Waals surface area (Å²) in [6, 6.07) is 14.7. The number of aromatic nitrogens is 5. The van der Waals surface area contributed by atoms with Crippen LogP contribution in [-0.2, 0) is 20.1 Å². The molecular formula is C21H20N5O3+. The number of carbonyl (C=O) groups is 1. The van der Waals surface area contributed by atoms with Crippen LogP contribution in [0.2, 0.25) is 0 Å². The van der Waals surface area contributed by atoms with Crippen LogP contribution in [0, 0.1) is 6.92 Å². The highest BCUT2D eigenvalue weighted by Crippen LogP contribution is 2.13. The second-order valence-electron chi connectivity index (χ2n) is 6.86. The normalized spacial score (nSPS) is 11.1. The molecule has 0 atom stereocenters. The molecule has 29 heavy (non-hydrogen) atoms. The molecule has 3 aromatic heterocycles. The zero-order chi connectivity index (χ0) is 20.5. The summed E-state index contributed by atoms with van der Waals surface area (Å²) in [5.41, 5.74) is 0.909. The van der Waals surface area contributed by atoms with Crippen LogP contribution in [0.3, 0.4) is 0 Å². The van der Waals surface area contributed by atoms with Gasteiger partial charge in [-0.15, -0.1) is 0 Å². The lowest BCUT2D eigenvalue weighted by molar-refractivity contribution is -0.695. The van der Waals surface area contributed by atoms with Gasteiger partial charge in [0.15, 0.2) is 34.7 Å². The highest BCUT2D eigenvalue weighted by molar-refractivity contribution is 5.96. The SMILES string of the molecule is Cc1cccc[n+]1Cc1nc2c(c(=O)[nH]c(=O)n2C)n1CC(=O)c1ccccc1. The summed E-state index contributed by atoms with van der Waals surface area (Å²) in [6.45, 7) is 2.27. The van der Waals surface area contributed by atoms with Gasteiger partial charge in [-0.1, -0.05) is 36.4 Å². The van der Waals surface area contributed by atoms with Crippen molar-refractivity contribution in [2.75, 3.05) is 0 Å². The first-order valence-corrected chi connectivity index (χ1v) is 9.17. The van der Waals surface area contributed by atoms with Gasteiger partial charge >= 0.3 is 5.69 Å². The van der Waals surface area contributed by atoms with Crippen LogP contribution in [0.5, 0.6) is 0 Å². The van der Waals surface area contributed by atoms with E-state index in [1.54, 1.807) is 35.9 Å². The number of pyridine rings is 1. The Morgan fingerprint density at radius 1 is 1.10 bits per heavy atom. The van der Waals surface area contributed by atoms with Crippen molar-refractivity contribution < 1.29 is 9.36 Å². The Labute approximate surface area is 165 Å². The Balaban J connectivity index is 1.89. The second kappa shape index (κ2) is 7.31. The summed E-state index contributed by atoms with van der Waals surface area (Å²) in [5, 5.41) is 0. The van der Waals surface area contributed by atoms with E-state index < -0.39 is 11.2 Å². The van der Waals surface area contributed by atoms with Gasteiger partial charge in [-0.3, -0.25) is 19.1 Å². The number of nitrogens with one attached hydrogen (secondary N) is 1. The molecule has 8 heteroatoms. The lowest BCUT2D eigenvalue weighted by Gasteiger charge is -2.07.